The quantitative estimate of drug-likeness (QED) is 0.246. The molecule has 2 rings (SSSR count). The monoisotopic (exact) mass is 396 g/mol. The predicted octanol–water partition coefficient (Wildman–Crippen LogP) is 2.71. The van der Waals surface area contributed by atoms with E-state index in [-0.39, 0.29) is 11.9 Å². The van der Waals surface area contributed by atoms with Crippen molar-refractivity contribution in [2.24, 2.45) is 4.99 Å². The first-order valence-electron chi connectivity index (χ1n) is 9.98. The normalized spacial score (nSPS) is 16.5. The number of aliphatic hydroxyl groups is 1. The first kappa shape index (κ1) is 22.0. The highest BCUT2D eigenvalue weighted by Gasteiger charge is 2.15. The molecule has 1 saturated heterocycles. The van der Waals surface area contributed by atoms with Gasteiger partial charge in [0.05, 0.1) is 6.10 Å². The summed E-state index contributed by atoms with van der Waals surface area (Å²) in [6.45, 7) is 7.65. The molecular formula is C20H33FN4OS. The Bertz CT molecular complexity index is 547. The topological polar surface area (TPSA) is 59.9 Å². The van der Waals surface area contributed by atoms with E-state index in [0.29, 0.717) is 0 Å². The average molecular weight is 397 g/mol. The molecule has 1 fully saturated rings. The van der Waals surface area contributed by atoms with Crippen LogP contribution in [0.4, 0.5) is 4.39 Å². The summed E-state index contributed by atoms with van der Waals surface area (Å²) in [5, 5.41) is 16.2. The third-order valence-electron chi connectivity index (χ3n) is 4.50. The zero-order valence-corrected chi connectivity index (χ0v) is 17.1. The van der Waals surface area contributed by atoms with Crippen molar-refractivity contribution in [3.8, 4) is 0 Å². The van der Waals surface area contributed by atoms with Crippen LogP contribution in [0.25, 0.3) is 0 Å². The van der Waals surface area contributed by atoms with E-state index in [1.807, 2.05) is 12.1 Å². The third-order valence-corrected chi connectivity index (χ3v) is 5.60. The molecule has 0 aliphatic carbocycles. The molecule has 3 N–H and O–H groups in total. The lowest BCUT2D eigenvalue weighted by Crippen LogP contribution is -2.40. The molecule has 27 heavy (non-hydrogen) atoms. The van der Waals surface area contributed by atoms with Gasteiger partial charge in [0, 0.05) is 37.6 Å². The van der Waals surface area contributed by atoms with Crippen molar-refractivity contribution in [2.45, 2.75) is 43.6 Å². The van der Waals surface area contributed by atoms with E-state index in [2.05, 4.69) is 27.4 Å². The number of hydrogen-bond donors (Lipinski definition) is 3. The summed E-state index contributed by atoms with van der Waals surface area (Å²) >= 11 is 1.73. The van der Waals surface area contributed by atoms with E-state index in [4.69, 9.17) is 0 Å². The van der Waals surface area contributed by atoms with Crippen molar-refractivity contribution >= 4 is 17.7 Å². The van der Waals surface area contributed by atoms with Gasteiger partial charge in [-0.2, -0.15) is 0 Å². The minimum atomic E-state index is -0.191. The molecule has 5 nitrogen and oxygen atoms in total. The van der Waals surface area contributed by atoms with E-state index in [9.17, 15) is 9.50 Å². The fraction of sp³-hybridized carbons (Fsp3) is 0.650. The minimum Gasteiger partial charge on any atom is -0.393 e. The second-order valence-electron chi connectivity index (χ2n) is 6.77. The van der Waals surface area contributed by atoms with Gasteiger partial charge >= 0.3 is 0 Å². The summed E-state index contributed by atoms with van der Waals surface area (Å²) in [6, 6.07) is 6.63. The molecule has 1 aliphatic heterocycles. The molecule has 0 radical (unpaired) electrons. The number of thioether (sulfide) groups is 1. The summed E-state index contributed by atoms with van der Waals surface area (Å²) in [5.74, 6) is 1.65. The molecule has 0 amide bonds. The van der Waals surface area contributed by atoms with Crippen LogP contribution in [-0.4, -0.2) is 67.1 Å². The summed E-state index contributed by atoms with van der Waals surface area (Å²) in [7, 11) is 0. The van der Waals surface area contributed by atoms with Crippen molar-refractivity contribution < 1.29 is 9.50 Å². The Morgan fingerprint density at radius 1 is 1.22 bits per heavy atom. The van der Waals surface area contributed by atoms with Gasteiger partial charge < -0.3 is 20.6 Å². The highest BCUT2D eigenvalue weighted by molar-refractivity contribution is 7.99. The van der Waals surface area contributed by atoms with E-state index in [0.717, 1.165) is 81.6 Å². The molecule has 1 aliphatic rings. The summed E-state index contributed by atoms with van der Waals surface area (Å²) in [4.78, 5) is 8.14. The number of aliphatic hydroxyl groups excluding tert-OH is 1. The summed E-state index contributed by atoms with van der Waals surface area (Å²) in [5.41, 5.74) is 0. The lowest BCUT2D eigenvalue weighted by Gasteiger charge is -2.29. The maximum Gasteiger partial charge on any atom is 0.191 e. The van der Waals surface area contributed by atoms with Crippen LogP contribution < -0.4 is 10.6 Å². The SMILES string of the molecule is CCNC(=NCCCSc1ccc(F)cc1)NCCCN1CCC(O)CC1. The number of hydrogen-bond acceptors (Lipinski definition) is 4. The molecular weight excluding hydrogens is 363 g/mol. The van der Waals surface area contributed by atoms with Gasteiger partial charge in [-0.25, -0.2) is 4.39 Å². The number of halogens is 1. The van der Waals surface area contributed by atoms with Crippen molar-refractivity contribution in [3.05, 3.63) is 30.1 Å². The lowest BCUT2D eigenvalue weighted by molar-refractivity contribution is 0.0823. The molecule has 1 heterocycles. The van der Waals surface area contributed by atoms with Crippen LogP contribution in [0.1, 0.15) is 32.6 Å². The van der Waals surface area contributed by atoms with Gasteiger partial charge in [0.25, 0.3) is 0 Å². The number of benzene rings is 1. The molecule has 0 aromatic heterocycles. The molecule has 0 unspecified atom stereocenters. The zero-order valence-electron chi connectivity index (χ0n) is 16.3. The number of guanidine groups is 1. The highest BCUT2D eigenvalue weighted by atomic mass is 32.2. The Kier molecular flexibility index (Phi) is 10.6. The van der Waals surface area contributed by atoms with Crippen LogP contribution >= 0.6 is 11.8 Å². The van der Waals surface area contributed by atoms with Gasteiger partial charge in [0.15, 0.2) is 5.96 Å². The lowest BCUT2D eigenvalue weighted by atomic mass is 10.1. The van der Waals surface area contributed by atoms with E-state index < -0.39 is 0 Å². The Morgan fingerprint density at radius 2 is 1.96 bits per heavy atom. The van der Waals surface area contributed by atoms with Crippen LogP contribution in [0.15, 0.2) is 34.2 Å². The Balaban J connectivity index is 1.58. The van der Waals surface area contributed by atoms with Gasteiger partial charge in [-0.05, 0) is 69.2 Å². The molecule has 0 saturated carbocycles. The largest absolute Gasteiger partial charge is 0.393 e. The smallest absolute Gasteiger partial charge is 0.191 e. The van der Waals surface area contributed by atoms with Crippen LogP contribution in [0.5, 0.6) is 0 Å². The van der Waals surface area contributed by atoms with E-state index in [1.165, 1.54) is 12.1 Å². The van der Waals surface area contributed by atoms with Crippen molar-refractivity contribution in [3.63, 3.8) is 0 Å². The van der Waals surface area contributed by atoms with Crippen LogP contribution in [0.3, 0.4) is 0 Å². The predicted molar refractivity (Wildman–Crippen MR) is 112 cm³/mol. The summed E-state index contributed by atoms with van der Waals surface area (Å²) < 4.78 is 12.9. The molecule has 152 valence electrons. The first-order valence-corrected chi connectivity index (χ1v) is 11.0. The van der Waals surface area contributed by atoms with E-state index in [1.54, 1.807) is 11.8 Å². The van der Waals surface area contributed by atoms with Gasteiger partial charge in [0.1, 0.15) is 5.82 Å². The van der Waals surface area contributed by atoms with Crippen LogP contribution in [0, 0.1) is 5.82 Å². The fourth-order valence-corrected chi connectivity index (χ4v) is 3.81. The second-order valence-corrected chi connectivity index (χ2v) is 7.94. The molecule has 0 atom stereocenters. The first-order chi connectivity index (χ1) is 13.2. The number of piperidine rings is 1. The van der Waals surface area contributed by atoms with E-state index >= 15 is 0 Å². The minimum absolute atomic E-state index is 0.104. The number of rotatable bonds is 10. The maximum absolute atomic E-state index is 12.9. The van der Waals surface area contributed by atoms with Crippen molar-refractivity contribution in [1.29, 1.82) is 0 Å². The molecule has 1 aromatic carbocycles. The molecule has 7 heteroatoms. The van der Waals surface area contributed by atoms with Gasteiger partial charge in [-0.15, -0.1) is 11.8 Å². The zero-order chi connectivity index (χ0) is 19.3. The average Bonchev–Trinajstić information content (AvgIpc) is 2.67. The Morgan fingerprint density at radius 3 is 2.67 bits per heavy atom. The second kappa shape index (κ2) is 13.0. The third kappa shape index (κ3) is 9.44. The van der Waals surface area contributed by atoms with Crippen molar-refractivity contribution in [1.82, 2.24) is 15.5 Å². The highest BCUT2D eigenvalue weighted by Crippen LogP contribution is 2.18. The molecule has 0 spiro atoms. The summed E-state index contributed by atoms with van der Waals surface area (Å²) in [6.07, 6.45) is 3.74. The van der Waals surface area contributed by atoms with Crippen LogP contribution in [-0.2, 0) is 0 Å². The van der Waals surface area contributed by atoms with Crippen LogP contribution in [0.2, 0.25) is 0 Å². The number of nitrogens with one attached hydrogen (secondary N) is 2. The fourth-order valence-electron chi connectivity index (χ4n) is 2.97. The van der Waals surface area contributed by atoms with Gasteiger partial charge in [-0.3, -0.25) is 4.99 Å². The number of nitrogens with zero attached hydrogens (tertiary/aromatic N) is 2. The van der Waals surface area contributed by atoms with Gasteiger partial charge in [0.2, 0.25) is 0 Å². The number of aliphatic imine (C=N–C) groups is 1. The molecule has 0 bridgehead atoms. The maximum atomic E-state index is 12.9. The van der Waals surface area contributed by atoms with Gasteiger partial charge in [-0.1, -0.05) is 0 Å². The standard InChI is InChI=1S/C20H33FN4OS/c1-2-22-20(23-11-3-13-25-14-9-18(26)10-15-25)24-12-4-16-27-19-7-5-17(21)6-8-19/h5-8,18,26H,2-4,9-16H2,1H3,(H2,22,23,24). The molecule has 1 aromatic rings. The Labute approximate surface area is 166 Å². The van der Waals surface area contributed by atoms with Crippen molar-refractivity contribution in [2.75, 3.05) is 45.0 Å². The number of likely N-dealkylation sites (tertiary alicyclic amines) is 1. The Hall–Kier alpha value is -1.31.